The SMILES string of the molecule is COc1ccc(CC(CO)Cc2cccc(F)c2)cc1F. The van der Waals surface area contributed by atoms with Crippen molar-refractivity contribution >= 4 is 0 Å². The first-order chi connectivity index (χ1) is 10.1. The van der Waals surface area contributed by atoms with Gasteiger partial charge in [0.2, 0.25) is 0 Å². The van der Waals surface area contributed by atoms with Crippen molar-refractivity contribution in [3.05, 3.63) is 65.2 Å². The second-order valence-electron chi connectivity index (χ2n) is 5.06. The fraction of sp³-hybridized carbons (Fsp3) is 0.294. The molecule has 0 aliphatic carbocycles. The van der Waals surface area contributed by atoms with Crippen LogP contribution in [0.5, 0.6) is 5.75 Å². The van der Waals surface area contributed by atoms with Crippen molar-refractivity contribution < 1.29 is 18.6 Å². The highest BCUT2D eigenvalue weighted by atomic mass is 19.1. The Labute approximate surface area is 123 Å². The van der Waals surface area contributed by atoms with E-state index in [1.54, 1.807) is 18.2 Å². The minimum absolute atomic E-state index is 0.0375. The van der Waals surface area contributed by atoms with Gasteiger partial charge in [0, 0.05) is 6.61 Å². The van der Waals surface area contributed by atoms with Crippen LogP contribution in [-0.2, 0) is 12.8 Å². The standard InChI is InChI=1S/C17H18F2O2/c1-21-17-6-5-13(10-16(17)19)8-14(11-20)7-12-3-2-4-15(18)9-12/h2-6,9-10,14,20H,7-8,11H2,1H3. The van der Waals surface area contributed by atoms with Crippen LogP contribution in [0.2, 0.25) is 0 Å². The van der Waals surface area contributed by atoms with Crippen LogP contribution in [0.4, 0.5) is 8.78 Å². The molecule has 0 saturated heterocycles. The van der Waals surface area contributed by atoms with Gasteiger partial charge in [0.15, 0.2) is 11.6 Å². The average molecular weight is 292 g/mol. The number of aliphatic hydroxyl groups excluding tert-OH is 1. The van der Waals surface area contributed by atoms with Crippen molar-refractivity contribution in [3.63, 3.8) is 0 Å². The van der Waals surface area contributed by atoms with E-state index in [9.17, 15) is 13.9 Å². The number of halogens is 2. The van der Waals surface area contributed by atoms with E-state index in [1.807, 2.05) is 6.07 Å². The van der Waals surface area contributed by atoms with E-state index in [4.69, 9.17) is 4.74 Å². The molecule has 0 fully saturated rings. The van der Waals surface area contributed by atoms with Gasteiger partial charge in [0.25, 0.3) is 0 Å². The molecule has 0 aromatic heterocycles. The highest BCUT2D eigenvalue weighted by Gasteiger charge is 2.12. The van der Waals surface area contributed by atoms with Crippen LogP contribution in [0, 0.1) is 17.6 Å². The Kier molecular flexibility index (Phi) is 5.28. The molecule has 0 radical (unpaired) electrons. The number of hydrogen-bond acceptors (Lipinski definition) is 2. The second-order valence-corrected chi connectivity index (χ2v) is 5.06. The average Bonchev–Trinajstić information content (AvgIpc) is 2.47. The number of hydrogen-bond donors (Lipinski definition) is 1. The molecule has 0 heterocycles. The van der Waals surface area contributed by atoms with Crippen LogP contribution in [0.15, 0.2) is 42.5 Å². The van der Waals surface area contributed by atoms with Crippen LogP contribution in [0.3, 0.4) is 0 Å². The highest BCUT2D eigenvalue weighted by molar-refractivity contribution is 5.29. The lowest BCUT2D eigenvalue weighted by atomic mass is 9.93. The molecule has 2 nitrogen and oxygen atoms in total. The van der Waals surface area contributed by atoms with E-state index in [2.05, 4.69) is 0 Å². The lowest BCUT2D eigenvalue weighted by Gasteiger charge is -2.15. The van der Waals surface area contributed by atoms with Gasteiger partial charge in [0.1, 0.15) is 5.82 Å². The lowest BCUT2D eigenvalue weighted by Crippen LogP contribution is -2.13. The quantitative estimate of drug-likeness (QED) is 0.884. The fourth-order valence-corrected chi connectivity index (χ4v) is 2.37. The van der Waals surface area contributed by atoms with Crippen LogP contribution < -0.4 is 4.74 Å². The van der Waals surface area contributed by atoms with Gasteiger partial charge in [-0.05, 0) is 54.2 Å². The van der Waals surface area contributed by atoms with Crippen molar-refractivity contribution in [2.45, 2.75) is 12.8 Å². The Bertz CT molecular complexity index is 599. The molecular formula is C17H18F2O2. The molecule has 1 unspecified atom stereocenters. The third-order valence-corrected chi connectivity index (χ3v) is 3.41. The van der Waals surface area contributed by atoms with Crippen molar-refractivity contribution in [2.75, 3.05) is 13.7 Å². The van der Waals surface area contributed by atoms with Gasteiger partial charge in [-0.3, -0.25) is 0 Å². The Morgan fingerprint density at radius 2 is 1.76 bits per heavy atom. The molecule has 4 heteroatoms. The molecule has 2 rings (SSSR count). The predicted octanol–water partition coefficient (Wildman–Crippen LogP) is 3.37. The minimum Gasteiger partial charge on any atom is -0.494 e. The molecule has 0 amide bonds. The molecule has 0 bridgehead atoms. The summed E-state index contributed by atoms with van der Waals surface area (Å²) in [4.78, 5) is 0. The first-order valence-electron chi connectivity index (χ1n) is 6.80. The van der Waals surface area contributed by atoms with Crippen molar-refractivity contribution in [3.8, 4) is 5.75 Å². The number of aliphatic hydroxyl groups is 1. The Hall–Kier alpha value is -1.94. The summed E-state index contributed by atoms with van der Waals surface area (Å²) in [7, 11) is 1.42. The van der Waals surface area contributed by atoms with E-state index in [0.717, 1.165) is 11.1 Å². The van der Waals surface area contributed by atoms with Crippen LogP contribution in [-0.4, -0.2) is 18.8 Å². The number of ether oxygens (including phenoxy) is 1. The highest BCUT2D eigenvalue weighted by Crippen LogP contribution is 2.21. The summed E-state index contributed by atoms with van der Waals surface area (Å²) in [5, 5.41) is 9.48. The molecule has 1 N–H and O–H groups in total. The molecule has 0 aliphatic heterocycles. The van der Waals surface area contributed by atoms with Gasteiger partial charge in [0.05, 0.1) is 7.11 Å². The van der Waals surface area contributed by atoms with Crippen molar-refractivity contribution in [1.29, 1.82) is 0 Å². The Morgan fingerprint density at radius 1 is 1.05 bits per heavy atom. The van der Waals surface area contributed by atoms with E-state index in [0.29, 0.717) is 12.8 Å². The minimum atomic E-state index is -0.419. The molecule has 1 atom stereocenters. The van der Waals surface area contributed by atoms with Gasteiger partial charge in [-0.15, -0.1) is 0 Å². The zero-order chi connectivity index (χ0) is 15.2. The number of methoxy groups -OCH3 is 1. The normalized spacial score (nSPS) is 12.2. The molecule has 0 saturated carbocycles. The number of benzene rings is 2. The maximum absolute atomic E-state index is 13.6. The maximum Gasteiger partial charge on any atom is 0.165 e. The maximum atomic E-state index is 13.6. The van der Waals surface area contributed by atoms with Gasteiger partial charge in [-0.1, -0.05) is 18.2 Å². The fourth-order valence-electron chi connectivity index (χ4n) is 2.37. The summed E-state index contributed by atoms with van der Waals surface area (Å²) in [5.41, 5.74) is 1.60. The van der Waals surface area contributed by atoms with Crippen LogP contribution in [0.1, 0.15) is 11.1 Å². The smallest absolute Gasteiger partial charge is 0.165 e. The van der Waals surface area contributed by atoms with Crippen molar-refractivity contribution in [1.82, 2.24) is 0 Å². The first kappa shape index (κ1) is 15.4. The molecule has 0 spiro atoms. The summed E-state index contributed by atoms with van der Waals surface area (Å²) in [6.45, 7) is -0.0375. The summed E-state index contributed by atoms with van der Waals surface area (Å²) in [6, 6.07) is 11.1. The molecule has 112 valence electrons. The predicted molar refractivity (Wildman–Crippen MR) is 77.3 cm³/mol. The number of rotatable bonds is 6. The monoisotopic (exact) mass is 292 g/mol. The summed E-state index contributed by atoms with van der Waals surface area (Å²) < 4.78 is 31.7. The van der Waals surface area contributed by atoms with Crippen molar-refractivity contribution in [2.24, 2.45) is 5.92 Å². The molecule has 21 heavy (non-hydrogen) atoms. The third kappa shape index (κ3) is 4.26. The molecular weight excluding hydrogens is 274 g/mol. The summed E-state index contributed by atoms with van der Waals surface area (Å²) >= 11 is 0. The molecule has 0 aliphatic rings. The molecule has 2 aromatic rings. The van der Waals surface area contributed by atoms with E-state index >= 15 is 0 Å². The van der Waals surface area contributed by atoms with Gasteiger partial charge < -0.3 is 9.84 Å². The van der Waals surface area contributed by atoms with E-state index < -0.39 is 5.82 Å². The van der Waals surface area contributed by atoms with Gasteiger partial charge in [-0.2, -0.15) is 0 Å². The summed E-state index contributed by atoms with van der Waals surface area (Å²) in [5.74, 6) is -0.596. The van der Waals surface area contributed by atoms with Crippen LogP contribution >= 0.6 is 0 Å². The van der Waals surface area contributed by atoms with Gasteiger partial charge in [-0.25, -0.2) is 8.78 Å². The Morgan fingerprint density at radius 3 is 2.33 bits per heavy atom. The largest absolute Gasteiger partial charge is 0.494 e. The second kappa shape index (κ2) is 7.18. The first-order valence-corrected chi connectivity index (χ1v) is 6.80. The Balaban J connectivity index is 2.07. The zero-order valence-electron chi connectivity index (χ0n) is 11.9. The van der Waals surface area contributed by atoms with Crippen LogP contribution in [0.25, 0.3) is 0 Å². The van der Waals surface area contributed by atoms with Gasteiger partial charge >= 0.3 is 0 Å². The van der Waals surface area contributed by atoms with E-state index in [1.165, 1.54) is 25.3 Å². The topological polar surface area (TPSA) is 29.5 Å². The molecule has 2 aromatic carbocycles. The zero-order valence-corrected chi connectivity index (χ0v) is 11.9. The summed E-state index contributed by atoms with van der Waals surface area (Å²) in [6.07, 6.45) is 1.07. The lowest BCUT2D eigenvalue weighted by molar-refractivity contribution is 0.224. The van der Waals surface area contributed by atoms with E-state index in [-0.39, 0.29) is 24.1 Å². The third-order valence-electron chi connectivity index (χ3n) is 3.41.